The fraction of sp³-hybridized carbons (Fsp3) is 0.250. The Hall–Kier alpha value is -1.26. The number of aryl methyl sites for hydroxylation is 1. The molecular weight excluding hydrogens is 223 g/mol. The van der Waals surface area contributed by atoms with E-state index in [-0.39, 0.29) is 11.9 Å². The van der Waals surface area contributed by atoms with Gasteiger partial charge in [-0.05, 0) is 30.2 Å². The van der Waals surface area contributed by atoms with E-state index in [4.69, 9.17) is 5.73 Å². The highest BCUT2D eigenvalue weighted by molar-refractivity contribution is 7.09. The minimum absolute atomic E-state index is 0.0963. The molecule has 1 heterocycles. The van der Waals surface area contributed by atoms with Crippen molar-refractivity contribution in [2.24, 2.45) is 5.73 Å². The third-order valence-electron chi connectivity index (χ3n) is 2.54. The van der Waals surface area contributed by atoms with Gasteiger partial charge in [0.2, 0.25) is 0 Å². The molecule has 4 heteroatoms. The molecule has 0 radical (unpaired) electrons. The molecule has 1 atom stereocenters. The maximum Gasteiger partial charge on any atom is 0.123 e. The first-order valence-corrected chi connectivity index (χ1v) is 5.94. The summed E-state index contributed by atoms with van der Waals surface area (Å²) in [6.45, 7) is 1.88. The third kappa shape index (κ3) is 2.46. The van der Waals surface area contributed by atoms with Gasteiger partial charge in [0.1, 0.15) is 5.82 Å². The van der Waals surface area contributed by atoms with Crippen molar-refractivity contribution in [1.82, 2.24) is 4.98 Å². The van der Waals surface area contributed by atoms with Crippen LogP contribution in [0.25, 0.3) is 0 Å². The van der Waals surface area contributed by atoms with Crippen LogP contribution in [0.5, 0.6) is 0 Å². The number of benzene rings is 1. The van der Waals surface area contributed by atoms with Crippen molar-refractivity contribution in [2.45, 2.75) is 19.4 Å². The Balaban J connectivity index is 2.17. The molecule has 0 spiro atoms. The van der Waals surface area contributed by atoms with E-state index >= 15 is 0 Å². The average molecular weight is 236 g/mol. The van der Waals surface area contributed by atoms with E-state index in [9.17, 15) is 4.39 Å². The predicted molar refractivity (Wildman–Crippen MR) is 63.9 cm³/mol. The zero-order valence-electron chi connectivity index (χ0n) is 8.98. The second kappa shape index (κ2) is 4.72. The van der Waals surface area contributed by atoms with Gasteiger partial charge in [-0.25, -0.2) is 4.39 Å². The van der Waals surface area contributed by atoms with Gasteiger partial charge in [-0.2, -0.15) is 0 Å². The summed E-state index contributed by atoms with van der Waals surface area (Å²) < 4.78 is 12.9. The second-order valence-electron chi connectivity index (χ2n) is 3.78. The van der Waals surface area contributed by atoms with Crippen molar-refractivity contribution in [3.8, 4) is 0 Å². The normalized spacial score (nSPS) is 12.7. The van der Waals surface area contributed by atoms with Gasteiger partial charge in [-0.1, -0.05) is 6.07 Å². The second-order valence-corrected chi connectivity index (χ2v) is 4.75. The Morgan fingerprint density at radius 3 is 2.94 bits per heavy atom. The smallest absolute Gasteiger partial charge is 0.123 e. The van der Waals surface area contributed by atoms with Crippen LogP contribution in [-0.2, 0) is 6.42 Å². The molecule has 0 saturated heterocycles. The van der Waals surface area contributed by atoms with E-state index in [1.807, 2.05) is 13.1 Å². The SMILES string of the molecule is Cc1cc(F)ccc1C(N)Cc1cncs1. The molecule has 0 amide bonds. The Morgan fingerprint density at radius 2 is 2.31 bits per heavy atom. The number of aromatic nitrogens is 1. The largest absolute Gasteiger partial charge is 0.324 e. The monoisotopic (exact) mass is 236 g/mol. The molecule has 16 heavy (non-hydrogen) atoms. The summed E-state index contributed by atoms with van der Waals surface area (Å²) in [5, 5.41) is 0. The Morgan fingerprint density at radius 1 is 1.50 bits per heavy atom. The number of hydrogen-bond acceptors (Lipinski definition) is 3. The van der Waals surface area contributed by atoms with Gasteiger partial charge in [0.05, 0.1) is 5.51 Å². The molecule has 0 aliphatic carbocycles. The van der Waals surface area contributed by atoms with Crippen LogP contribution in [0.3, 0.4) is 0 Å². The van der Waals surface area contributed by atoms with Gasteiger partial charge in [-0.15, -0.1) is 11.3 Å². The molecule has 1 unspecified atom stereocenters. The van der Waals surface area contributed by atoms with Crippen LogP contribution >= 0.6 is 11.3 Å². The van der Waals surface area contributed by atoms with E-state index in [0.717, 1.165) is 22.4 Å². The summed E-state index contributed by atoms with van der Waals surface area (Å²) >= 11 is 1.59. The Bertz CT molecular complexity index is 468. The lowest BCUT2D eigenvalue weighted by Gasteiger charge is -2.13. The molecule has 1 aromatic heterocycles. The third-order valence-corrected chi connectivity index (χ3v) is 3.34. The minimum Gasteiger partial charge on any atom is -0.324 e. The summed E-state index contributed by atoms with van der Waals surface area (Å²) in [6.07, 6.45) is 2.57. The highest BCUT2D eigenvalue weighted by Crippen LogP contribution is 2.21. The van der Waals surface area contributed by atoms with Crippen LogP contribution in [-0.4, -0.2) is 4.98 Å². The van der Waals surface area contributed by atoms with Gasteiger partial charge in [-0.3, -0.25) is 4.98 Å². The highest BCUT2D eigenvalue weighted by atomic mass is 32.1. The first-order chi connectivity index (χ1) is 7.66. The van der Waals surface area contributed by atoms with Crippen LogP contribution < -0.4 is 5.73 Å². The lowest BCUT2D eigenvalue weighted by Crippen LogP contribution is -2.14. The van der Waals surface area contributed by atoms with Crippen molar-refractivity contribution in [3.05, 3.63) is 51.7 Å². The van der Waals surface area contributed by atoms with Crippen LogP contribution in [0, 0.1) is 12.7 Å². The van der Waals surface area contributed by atoms with Crippen molar-refractivity contribution >= 4 is 11.3 Å². The fourth-order valence-electron chi connectivity index (χ4n) is 1.72. The standard InChI is InChI=1S/C12H13FN2S/c1-8-4-9(13)2-3-11(8)12(14)5-10-6-15-7-16-10/h2-4,6-7,12H,5,14H2,1H3. The summed E-state index contributed by atoms with van der Waals surface area (Å²) in [6, 6.07) is 4.63. The lowest BCUT2D eigenvalue weighted by atomic mass is 9.99. The van der Waals surface area contributed by atoms with Crippen LogP contribution in [0.4, 0.5) is 4.39 Å². The molecule has 1 aromatic carbocycles. The molecule has 0 aliphatic heterocycles. The molecule has 2 nitrogen and oxygen atoms in total. The number of nitrogens with two attached hydrogens (primary N) is 1. The maximum absolute atomic E-state index is 12.9. The van der Waals surface area contributed by atoms with E-state index < -0.39 is 0 Å². The summed E-state index contributed by atoms with van der Waals surface area (Å²) in [5.41, 5.74) is 9.78. The molecule has 84 valence electrons. The Labute approximate surface area is 97.9 Å². The average Bonchev–Trinajstić information content (AvgIpc) is 2.70. The zero-order valence-corrected chi connectivity index (χ0v) is 9.80. The van der Waals surface area contributed by atoms with Gasteiger partial charge < -0.3 is 5.73 Å². The number of hydrogen-bond donors (Lipinski definition) is 1. The van der Waals surface area contributed by atoms with Gasteiger partial charge >= 0.3 is 0 Å². The molecule has 0 bridgehead atoms. The molecule has 2 rings (SSSR count). The van der Waals surface area contributed by atoms with Crippen molar-refractivity contribution in [2.75, 3.05) is 0 Å². The molecule has 0 fully saturated rings. The van der Waals surface area contributed by atoms with Crippen molar-refractivity contribution in [3.63, 3.8) is 0 Å². The first-order valence-electron chi connectivity index (χ1n) is 5.06. The summed E-state index contributed by atoms with van der Waals surface area (Å²) in [7, 11) is 0. The molecule has 0 aliphatic rings. The maximum atomic E-state index is 12.9. The predicted octanol–water partition coefficient (Wildman–Crippen LogP) is 2.83. The number of nitrogens with zero attached hydrogens (tertiary/aromatic N) is 1. The van der Waals surface area contributed by atoms with Crippen LogP contribution in [0.15, 0.2) is 29.9 Å². The van der Waals surface area contributed by atoms with Gasteiger partial charge in [0.25, 0.3) is 0 Å². The number of halogens is 1. The van der Waals surface area contributed by atoms with E-state index in [1.54, 1.807) is 22.9 Å². The molecule has 2 aromatic rings. The minimum atomic E-state index is -0.216. The topological polar surface area (TPSA) is 38.9 Å². The number of thiazole rings is 1. The van der Waals surface area contributed by atoms with E-state index in [2.05, 4.69) is 4.98 Å². The summed E-state index contributed by atoms with van der Waals surface area (Å²) in [5.74, 6) is -0.216. The fourth-order valence-corrected chi connectivity index (χ4v) is 2.38. The van der Waals surface area contributed by atoms with Crippen molar-refractivity contribution in [1.29, 1.82) is 0 Å². The van der Waals surface area contributed by atoms with Gasteiger partial charge in [0, 0.05) is 23.5 Å². The summed E-state index contributed by atoms with van der Waals surface area (Å²) in [4.78, 5) is 5.16. The quantitative estimate of drug-likeness (QED) is 0.890. The van der Waals surface area contributed by atoms with Crippen LogP contribution in [0.1, 0.15) is 22.0 Å². The molecular formula is C12H13FN2S. The zero-order chi connectivity index (χ0) is 11.5. The van der Waals surface area contributed by atoms with Crippen LogP contribution in [0.2, 0.25) is 0 Å². The number of rotatable bonds is 3. The Kier molecular flexibility index (Phi) is 3.31. The van der Waals surface area contributed by atoms with E-state index in [1.165, 1.54) is 12.1 Å². The van der Waals surface area contributed by atoms with Crippen molar-refractivity contribution < 1.29 is 4.39 Å². The lowest BCUT2D eigenvalue weighted by molar-refractivity contribution is 0.622. The highest BCUT2D eigenvalue weighted by Gasteiger charge is 2.11. The molecule has 2 N–H and O–H groups in total. The molecule has 0 saturated carbocycles. The first kappa shape index (κ1) is 11.2. The van der Waals surface area contributed by atoms with E-state index in [0.29, 0.717) is 0 Å². The van der Waals surface area contributed by atoms with Gasteiger partial charge in [0.15, 0.2) is 0 Å².